The van der Waals surface area contributed by atoms with Crippen molar-refractivity contribution >= 4 is 11.6 Å². The van der Waals surface area contributed by atoms with E-state index >= 15 is 0 Å². The fourth-order valence-corrected chi connectivity index (χ4v) is 0.174. The standard InChI is InChI=1S/C3H2ClF5O/c4-1(5)3(8,9)10-2(6)7/h1-2H/i1D,2D. The first-order valence-corrected chi connectivity index (χ1v) is 2.17. The second-order valence-electron chi connectivity index (χ2n) is 1.10. The number of rotatable bonds is 3. The van der Waals surface area contributed by atoms with Gasteiger partial charge in [-0.1, -0.05) is 11.6 Å². The van der Waals surface area contributed by atoms with Crippen molar-refractivity contribution < 1.29 is 29.4 Å². The van der Waals surface area contributed by atoms with Gasteiger partial charge in [0.25, 0.3) is 5.61 Å². The van der Waals surface area contributed by atoms with Gasteiger partial charge in [-0.2, -0.15) is 17.6 Å². The van der Waals surface area contributed by atoms with Crippen LogP contribution in [0.15, 0.2) is 0 Å². The van der Waals surface area contributed by atoms with E-state index in [0.717, 1.165) is 0 Å². The van der Waals surface area contributed by atoms with Crippen LogP contribution in [0.4, 0.5) is 22.0 Å². The average Bonchev–Trinajstić information content (AvgIpc) is 1.52. The highest BCUT2D eigenvalue weighted by Gasteiger charge is 2.43. The molecule has 0 aliphatic rings. The monoisotopic (exact) mass is 186 g/mol. The molecular weight excluding hydrogens is 182 g/mol. The lowest BCUT2D eigenvalue weighted by atomic mass is 10.7. The molecule has 0 amide bonds. The van der Waals surface area contributed by atoms with Crippen molar-refractivity contribution in [2.45, 2.75) is 18.3 Å². The van der Waals surface area contributed by atoms with Crippen molar-refractivity contribution in [2.75, 3.05) is 0 Å². The summed E-state index contributed by atoms with van der Waals surface area (Å²) >= 11 is 4.04. The van der Waals surface area contributed by atoms with Gasteiger partial charge in [0.2, 0.25) is 0 Å². The molecule has 0 saturated carbocycles. The summed E-state index contributed by atoms with van der Waals surface area (Å²) in [6.45, 7) is -5.00. The molecule has 62 valence electrons. The van der Waals surface area contributed by atoms with Crippen molar-refractivity contribution in [3.63, 3.8) is 0 Å². The minimum atomic E-state index is -5.25. The number of ether oxygens (including phenoxy) is 1. The van der Waals surface area contributed by atoms with Crippen LogP contribution in [0.2, 0.25) is 0 Å². The smallest absolute Gasteiger partial charge is 0.254 e. The molecule has 1 unspecified atom stereocenters. The zero-order valence-corrected chi connectivity index (χ0v) is 4.93. The van der Waals surface area contributed by atoms with Crippen LogP contribution in [0.3, 0.4) is 0 Å². The van der Waals surface area contributed by atoms with Crippen LogP contribution in [0.25, 0.3) is 0 Å². The van der Waals surface area contributed by atoms with Crippen LogP contribution in [0.1, 0.15) is 2.74 Å². The van der Waals surface area contributed by atoms with Gasteiger partial charge in [0, 0.05) is 0 Å². The van der Waals surface area contributed by atoms with E-state index in [-0.39, 0.29) is 0 Å². The third kappa shape index (κ3) is 3.17. The topological polar surface area (TPSA) is 9.23 Å². The summed E-state index contributed by atoms with van der Waals surface area (Å²) in [6.07, 6.45) is -5.25. The highest BCUT2D eigenvalue weighted by molar-refractivity contribution is 6.20. The summed E-state index contributed by atoms with van der Waals surface area (Å²) < 4.78 is 72.1. The Kier molecular flexibility index (Phi) is 2.20. The molecule has 0 N–H and O–H groups in total. The van der Waals surface area contributed by atoms with Crippen LogP contribution in [0, 0.1) is 0 Å². The zero-order chi connectivity index (χ0) is 10.2. The minimum absolute atomic E-state index is 2.30. The fraction of sp³-hybridized carbons (Fsp3) is 1.00. The van der Waals surface area contributed by atoms with Crippen LogP contribution in [-0.2, 0) is 4.74 Å². The maximum atomic E-state index is 11.9. The van der Waals surface area contributed by atoms with Crippen molar-refractivity contribution in [1.29, 1.82) is 0 Å². The Balaban J connectivity index is 4.44. The number of alkyl halides is 6. The first-order valence-electron chi connectivity index (χ1n) is 2.79. The van der Waals surface area contributed by atoms with E-state index in [1.54, 1.807) is 0 Å². The summed E-state index contributed by atoms with van der Waals surface area (Å²) in [4.78, 5) is 0. The predicted molar refractivity (Wildman–Crippen MR) is 22.8 cm³/mol. The number of hydrogen-bond donors (Lipinski definition) is 0. The Morgan fingerprint density at radius 1 is 1.40 bits per heavy atom. The highest BCUT2D eigenvalue weighted by atomic mass is 35.5. The minimum Gasteiger partial charge on any atom is -0.254 e. The first-order chi connectivity index (χ1) is 4.96. The summed E-state index contributed by atoms with van der Waals surface area (Å²) in [6, 6.07) is 0. The van der Waals surface area contributed by atoms with E-state index in [4.69, 9.17) is 2.74 Å². The molecule has 0 bridgehead atoms. The largest absolute Gasteiger partial charge is 0.405 e. The normalized spacial score (nSPS) is 23.0. The predicted octanol–water partition coefficient (Wildman–Crippen LogP) is 2.35. The van der Waals surface area contributed by atoms with Crippen molar-refractivity contribution in [3.8, 4) is 0 Å². The molecule has 10 heavy (non-hydrogen) atoms. The van der Waals surface area contributed by atoms with E-state index in [1.807, 2.05) is 0 Å². The molecule has 1 atom stereocenters. The van der Waals surface area contributed by atoms with Crippen LogP contribution < -0.4 is 0 Å². The summed E-state index contributed by atoms with van der Waals surface area (Å²) in [5, 5.41) is 0. The van der Waals surface area contributed by atoms with Gasteiger partial charge in [-0.25, -0.2) is 4.39 Å². The maximum Gasteiger partial charge on any atom is 0.405 e. The van der Waals surface area contributed by atoms with E-state index in [9.17, 15) is 22.0 Å². The Labute approximate surface area is 60.5 Å². The van der Waals surface area contributed by atoms with Crippen LogP contribution in [-0.4, -0.2) is 18.3 Å². The highest BCUT2D eigenvalue weighted by Crippen LogP contribution is 2.27. The van der Waals surface area contributed by atoms with Gasteiger partial charge in [0.1, 0.15) is 1.37 Å². The van der Waals surface area contributed by atoms with E-state index in [0.29, 0.717) is 0 Å². The Morgan fingerprint density at radius 2 is 1.80 bits per heavy atom. The third-order valence-corrected chi connectivity index (χ3v) is 0.645. The second kappa shape index (κ2) is 3.34. The van der Waals surface area contributed by atoms with Gasteiger partial charge in [-0.15, -0.1) is 0 Å². The molecule has 0 aliphatic heterocycles. The molecule has 0 heterocycles. The van der Waals surface area contributed by atoms with Gasteiger partial charge in [0.05, 0.1) is 1.37 Å². The molecule has 0 rings (SSSR count). The Hall–Kier alpha value is -0.100. The van der Waals surface area contributed by atoms with Gasteiger partial charge in [-0.05, 0) is 0 Å². The van der Waals surface area contributed by atoms with Crippen LogP contribution >= 0.6 is 11.6 Å². The van der Waals surface area contributed by atoms with Crippen molar-refractivity contribution in [3.05, 3.63) is 0 Å². The second-order valence-corrected chi connectivity index (χ2v) is 1.44. The molecule has 0 aromatic carbocycles. The van der Waals surface area contributed by atoms with E-state index in [1.165, 1.54) is 0 Å². The molecule has 0 radical (unpaired) electrons. The van der Waals surface area contributed by atoms with Crippen molar-refractivity contribution in [1.82, 2.24) is 0 Å². The quantitative estimate of drug-likeness (QED) is 0.486. The Bertz CT molecular complexity index is 163. The molecule has 7 heteroatoms. The summed E-state index contributed by atoms with van der Waals surface area (Å²) in [5.74, 6) is 0. The SMILES string of the molecule is [2H]C(F)(F)OC(F)(F)C([2H])(F)Cl. The Morgan fingerprint density at radius 3 is 1.90 bits per heavy atom. The van der Waals surface area contributed by atoms with Gasteiger partial charge < -0.3 is 0 Å². The summed E-state index contributed by atoms with van der Waals surface area (Å²) in [7, 11) is 0. The molecular formula is C3H2ClF5O. The lowest BCUT2D eigenvalue weighted by Gasteiger charge is -2.14. The number of halogens is 6. The third-order valence-electron chi connectivity index (χ3n) is 0.425. The van der Waals surface area contributed by atoms with Gasteiger partial charge >= 0.3 is 12.7 Å². The maximum absolute atomic E-state index is 11.9. The first kappa shape index (κ1) is 6.60. The molecule has 0 fully saturated rings. The van der Waals surface area contributed by atoms with Gasteiger partial charge in [0.15, 0.2) is 0 Å². The van der Waals surface area contributed by atoms with E-state index in [2.05, 4.69) is 16.3 Å². The van der Waals surface area contributed by atoms with Gasteiger partial charge in [-0.3, -0.25) is 4.74 Å². The molecule has 0 spiro atoms. The van der Waals surface area contributed by atoms with Crippen molar-refractivity contribution in [2.24, 2.45) is 0 Å². The van der Waals surface area contributed by atoms with Crippen LogP contribution in [0.5, 0.6) is 0 Å². The molecule has 1 nitrogen and oxygen atoms in total. The average molecular weight is 187 g/mol. The summed E-state index contributed by atoms with van der Waals surface area (Å²) in [5.41, 5.74) is -4.53. The fourth-order valence-electron chi connectivity index (χ4n) is 0.135. The zero-order valence-electron chi connectivity index (χ0n) is 6.18. The lowest BCUT2D eigenvalue weighted by molar-refractivity contribution is -0.330. The lowest BCUT2D eigenvalue weighted by Crippen LogP contribution is -2.31. The number of hydrogen-bond acceptors (Lipinski definition) is 1. The molecule has 0 aromatic heterocycles. The molecule has 0 aliphatic carbocycles. The van der Waals surface area contributed by atoms with E-state index < -0.39 is 18.3 Å². The molecule has 0 aromatic rings. The molecule has 0 saturated heterocycles.